The molecule has 2 rings (SSSR count). The minimum absolute atomic E-state index is 0.374. The predicted octanol–water partition coefficient (Wildman–Crippen LogP) is 1.80. The molecule has 0 saturated carbocycles. The van der Waals surface area contributed by atoms with E-state index in [0.29, 0.717) is 12.0 Å². The van der Waals surface area contributed by atoms with Crippen LogP contribution in [-0.4, -0.2) is 40.9 Å². The average Bonchev–Trinajstić information content (AvgIpc) is 2.97. The Labute approximate surface area is 110 Å². The van der Waals surface area contributed by atoms with E-state index in [4.69, 9.17) is 0 Å². The lowest BCUT2D eigenvalue weighted by Gasteiger charge is -2.22. The maximum Gasteiger partial charge on any atom is 0.0547 e. The van der Waals surface area contributed by atoms with E-state index in [2.05, 4.69) is 35.2 Å². The van der Waals surface area contributed by atoms with Gasteiger partial charge < -0.3 is 10.2 Å². The van der Waals surface area contributed by atoms with E-state index < -0.39 is 0 Å². The van der Waals surface area contributed by atoms with Crippen molar-refractivity contribution in [2.75, 3.05) is 26.2 Å². The highest BCUT2D eigenvalue weighted by Gasteiger charge is 2.15. The van der Waals surface area contributed by atoms with Crippen LogP contribution < -0.4 is 5.32 Å². The van der Waals surface area contributed by atoms with E-state index in [9.17, 15) is 0 Å². The smallest absolute Gasteiger partial charge is 0.0547 e. The molecule has 1 N–H and O–H groups in total. The highest BCUT2D eigenvalue weighted by atomic mass is 15.3. The zero-order chi connectivity index (χ0) is 13.0. The topological polar surface area (TPSA) is 33.1 Å². The Morgan fingerprint density at radius 2 is 2.06 bits per heavy atom. The van der Waals surface area contributed by atoms with Crippen LogP contribution in [0.4, 0.5) is 0 Å². The fraction of sp³-hybridized carbons (Fsp3) is 0.786. The number of aryl methyl sites for hydroxylation is 1. The second-order valence-corrected chi connectivity index (χ2v) is 5.62. The van der Waals surface area contributed by atoms with Gasteiger partial charge in [-0.05, 0) is 51.4 Å². The summed E-state index contributed by atoms with van der Waals surface area (Å²) < 4.78 is 1.95. The summed E-state index contributed by atoms with van der Waals surface area (Å²) in [4.78, 5) is 2.58. The van der Waals surface area contributed by atoms with Gasteiger partial charge in [0.2, 0.25) is 0 Å². The summed E-state index contributed by atoms with van der Waals surface area (Å²) >= 11 is 0. The van der Waals surface area contributed by atoms with Crippen LogP contribution in [0.5, 0.6) is 0 Å². The minimum Gasteiger partial charge on any atom is -0.309 e. The Hall–Kier alpha value is -0.870. The van der Waals surface area contributed by atoms with Gasteiger partial charge in [0.15, 0.2) is 0 Å². The lowest BCUT2D eigenvalue weighted by molar-refractivity contribution is 0.278. The van der Waals surface area contributed by atoms with E-state index in [1.54, 1.807) is 0 Å². The summed E-state index contributed by atoms with van der Waals surface area (Å²) in [5.74, 6) is 0.707. The Morgan fingerprint density at radius 1 is 1.33 bits per heavy atom. The first-order valence-corrected chi connectivity index (χ1v) is 7.10. The molecule has 0 bridgehead atoms. The highest BCUT2D eigenvalue weighted by molar-refractivity contribution is 5.05. The van der Waals surface area contributed by atoms with Gasteiger partial charge in [0.05, 0.1) is 5.69 Å². The van der Waals surface area contributed by atoms with Crippen LogP contribution in [0, 0.1) is 5.92 Å². The van der Waals surface area contributed by atoms with Crippen molar-refractivity contribution in [2.24, 2.45) is 13.0 Å². The van der Waals surface area contributed by atoms with Crippen molar-refractivity contribution in [1.82, 2.24) is 20.0 Å². The molecule has 0 aliphatic carbocycles. The zero-order valence-electron chi connectivity index (χ0n) is 11.9. The lowest BCUT2D eigenvalue weighted by Crippen LogP contribution is -2.33. The average molecular weight is 250 g/mol. The number of hydrogen-bond donors (Lipinski definition) is 1. The van der Waals surface area contributed by atoms with Crippen LogP contribution in [0.2, 0.25) is 0 Å². The highest BCUT2D eigenvalue weighted by Crippen LogP contribution is 2.13. The SMILES string of the molecule is CC(CNC(C)c1ccnn1C)CN1CCCC1. The molecule has 2 heterocycles. The van der Waals surface area contributed by atoms with Crippen molar-refractivity contribution >= 4 is 0 Å². The van der Waals surface area contributed by atoms with E-state index in [1.165, 1.54) is 38.2 Å². The van der Waals surface area contributed by atoms with E-state index >= 15 is 0 Å². The molecule has 0 spiro atoms. The summed E-state index contributed by atoms with van der Waals surface area (Å²) in [6.45, 7) is 9.43. The molecule has 1 aromatic heterocycles. The Bertz CT molecular complexity index is 354. The molecule has 1 fully saturated rings. The Morgan fingerprint density at radius 3 is 2.67 bits per heavy atom. The van der Waals surface area contributed by atoms with Crippen molar-refractivity contribution in [3.05, 3.63) is 18.0 Å². The third-order valence-electron chi connectivity index (χ3n) is 3.84. The molecule has 18 heavy (non-hydrogen) atoms. The Kier molecular flexibility index (Phi) is 4.78. The molecular formula is C14H26N4. The second-order valence-electron chi connectivity index (χ2n) is 5.62. The summed E-state index contributed by atoms with van der Waals surface area (Å²) in [7, 11) is 2.00. The van der Waals surface area contributed by atoms with Crippen LogP contribution in [0.15, 0.2) is 12.3 Å². The van der Waals surface area contributed by atoms with Crippen LogP contribution in [0.25, 0.3) is 0 Å². The summed E-state index contributed by atoms with van der Waals surface area (Å²) in [5.41, 5.74) is 1.25. The maximum atomic E-state index is 4.22. The normalized spacial score (nSPS) is 20.2. The van der Waals surface area contributed by atoms with E-state index in [-0.39, 0.29) is 0 Å². The van der Waals surface area contributed by atoms with Crippen molar-refractivity contribution in [1.29, 1.82) is 0 Å². The third kappa shape index (κ3) is 3.56. The molecule has 1 saturated heterocycles. The van der Waals surface area contributed by atoms with Gasteiger partial charge in [-0.25, -0.2) is 0 Å². The van der Waals surface area contributed by atoms with Crippen LogP contribution in [-0.2, 0) is 7.05 Å². The van der Waals surface area contributed by atoms with Gasteiger partial charge in [0, 0.05) is 25.8 Å². The standard InChI is InChI=1S/C14H26N4/c1-12(11-18-8-4-5-9-18)10-15-13(2)14-6-7-16-17(14)3/h6-7,12-13,15H,4-5,8-11H2,1-3H3. The van der Waals surface area contributed by atoms with Crippen LogP contribution in [0.3, 0.4) is 0 Å². The largest absolute Gasteiger partial charge is 0.309 e. The summed E-state index contributed by atoms with van der Waals surface area (Å²) in [6.07, 6.45) is 4.62. The first-order valence-electron chi connectivity index (χ1n) is 7.10. The van der Waals surface area contributed by atoms with Gasteiger partial charge in [-0.3, -0.25) is 4.68 Å². The number of hydrogen-bond acceptors (Lipinski definition) is 3. The second kappa shape index (κ2) is 6.34. The Balaban J connectivity index is 1.72. The number of nitrogens with one attached hydrogen (secondary N) is 1. The first kappa shape index (κ1) is 13.6. The van der Waals surface area contributed by atoms with E-state index in [0.717, 1.165) is 6.54 Å². The van der Waals surface area contributed by atoms with Gasteiger partial charge in [-0.2, -0.15) is 5.10 Å². The molecule has 0 amide bonds. The van der Waals surface area contributed by atoms with Crippen molar-refractivity contribution in [3.8, 4) is 0 Å². The number of nitrogens with zero attached hydrogens (tertiary/aromatic N) is 3. The minimum atomic E-state index is 0.374. The van der Waals surface area contributed by atoms with Gasteiger partial charge in [-0.15, -0.1) is 0 Å². The maximum absolute atomic E-state index is 4.22. The predicted molar refractivity (Wildman–Crippen MR) is 74.5 cm³/mol. The molecule has 1 aromatic rings. The van der Waals surface area contributed by atoms with Crippen molar-refractivity contribution in [3.63, 3.8) is 0 Å². The zero-order valence-corrected chi connectivity index (χ0v) is 11.9. The van der Waals surface area contributed by atoms with Gasteiger partial charge >= 0.3 is 0 Å². The van der Waals surface area contributed by atoms with Crippen molar-refractivity contribution < 1.29 is 0 Å². The summed E-state index contributed by atoms with van der Waals surface area (Å²) in [5, 5.41) is 7.83. The number of rotatable bonds is 6. The quantitative estimate of drug-likeness (QED) is 0.836. The van der Waals surface area contributed by atoms with Gasteiger partial charge in [0.1, 0.15) is 0 Å². The van der Waals surface area contributed by atoms with Crippen LogP contribution in [0.1, 0.15) is 38.4 Å². The lowest BCUT2D eigenvalue weighted by atomic mass is 10.1. The van der Waals surface area contributed by atoms with Crippen LogP contribution >= 0.6 is 0 Å². The van der Waals surface area contributed by atoms with Gasteiger partial charge in [-0.1, -0.05) is 6.92 Å². The fourth-order valence-electron chi connectivity index (χ4n) is 2.76. The molecule has 0 aromatic carbocycles. The molecule has 4 heteroatoms. The molecule has 2 unspecified atom stereocenters. The number of aromatic nitrogens is 2. The molecule has 4 nitrogen and oxygen atoms in total. The van der Waals surface area contributed by atoms with E-state index in [1.807, 2.05) is 17.9 Å². The third-order valence-corrected chi connectivity index (χ3v) is 3.84. The summed E-state index contributed by atoms with van der Waals surface area (Å²) in [6, 6.07) is 2.46. The monoisotopic (exact) mass is 250 g/mol. The van der Waals surface area contributed by atoms with Gasteiger partial charge in [0.25, 0.3) is 0 Å². The molecule has 1 aliphatic rings. The first-order chi connectivity index (χ1) is 8.66. The number of likely N-dealkylation sites (tertiary alicyclic amines) is 1. The molecule has 2 atom stereocenters. The van der Waals surface area contributed by atoms with Crippen molar-refractivity contribution in [2.45, 2.75) is 32.7 Å². The molecular weight excluding hydrogens is 224 g/mol. The fourth-order valence-corrected chi connectivity index (χ4v) is 2.76. The molecule has 0 radical (unpaired) electrons. The molecule has 102 valence electrons. The molecule has 1 aliphatic heterocycles.